The quantitative estimate of drug-likeness (QED) is 0.836. The first-order chi connectivity index (χ1) is 9.25. The molecule has 0 aliphatic heterocycles. The minimum Gasteiger partial charge on any atom is -0.207 e. The van der Waals surface area contributed by atoms with E-state index in [9.17, 15) is 12.8 Å². The molecule has 112 valence electrons. The lowest BCUT2D eigenvalue weighted by Crippen LogP contribution is -2.43. The maximum Gasteiger partial charge on any atom is 0.243 e. The van der Waals surface area contributed by atoms with E-state index in [1.54, 1.807) is 11.2 Å². The van der Waals surface area contributed by atoms with Gasteiger partial charge in [-0.25, -0.2) is 12.8 Å². The molecule has 0 bridgehead atoms. The Bertz CT molecular complexity index is 594. The number of rotatable bonds is 5. The Balaban J connectivity index is 2.42. The van der Waals surface area contributed by atoms with Gasteiger partial charge in [0.05, 0.1) is 4.90 Å². The average Bonchev–Trinajstić information content (AvgIpc) is 3.16. The van der Waals surface area contributed by atoms with E-state index in [1.807, 2.05) is 20.8 Å². The van der Waals surface area contributed by atoms with Gasteiger partial charge in [-0.1, -0.05) is 19.9 Å². The molecule has 1 atom stereocenters. The summed E-state index contributed by atoms with van der Waals surface area (Å²) in [4.78, 5) is 0.0556. The van der Waals surface area contributed by atoms with Gasteiger partial charge in [0.2, 0.25) is 10.0 Å². The largest absolute Gasteiger partial charge is 0.243 e. The molecule has 0 saturated heterocycles. The highest BCUT2D eigenvalue weighted by molar-refractivity contribution is 7.89. The number of benzene rings is 1. The SMILES string of the molecule is Cc1ccc(S(=O)(=O)N(C2CC2)C(C)C(C)C)cc1F. The molecule has 0 N–H and O–H groups in total. The van der Waals surface area contributed by atoms with Crippen LogP contribution in [0.5, 0.6) is 0 Å². The van der Waals surface area contributed by atoms with Crippen LogP contribution in [0.1, 0.15) is 39.2 Å². The summed E-state index contributed by atoms with van der Waals surface area (Å²) >= 11 is 0. The van der Waals surface area contributed by atoms with Crippen molar-refractivity contribution in [2.24, 2.45) is 5.92 Å². The molecule has 5 heteroatoms. The second kappa shape index (κ2) is 5.45. The molecule has 0 amide bonds. The Morgan fingerprint density at radius 3 is 2.30 bits per heavy atom. The van der Waals surface area contributed by atoms with Gasteiger partial charge in [-0.15, -0.1) is 0 Å². The number of halogens is 1. The van der Waals surface area contributed by atoms with E-state index in [-0.39, 0.29) is 22.9 Å². The summed E-state index contributed by atoms with van der Waals surface area (Å²) in [7, 11) is -3.63. The van der Waals surface area contributed by atoms with Gasteiger partial charge < -0.3 is 0 Å². The predicted octanol–water partition coefficient (Wildman–Crippen LogP) is 3.33. The molecule has 0 radical (unpaired) electrons. The van der Waals surface area contributed by atoms with Gasteiger partial charge in [0.15, 0.2) is 0 Å². The summed E-state index contributed by atoms with van der Waals surface area (Å²) in [5, 5.41) is 0. The van der Waals surface area contributed by atoms with E-state index in [2.05, 4.69) is 0 Å². The summed E-state index contributed by atoms with van der Waals surface area (Å²) in [5.41, 5.74) is 0.457. The van der Waals surface area contributed by atoms with Crippen LogP contribution in [0.3, 0.4) is 0 Å². The molecule has 0 heterocycles. The fraction of sp³-hybridized carbons (Fsp3) is 0.600. The molecule has 3 nitrogen and oxygen atoms in total. The number of hydrogen-bond donors (Lipinski definition) is 0. The highest BCUT2D eigenvalue weighted by Crippen LogP contribution is 2.35. The molecule has 1 aromatic rings. The van der Waals surface area contributed by atoms with Crippen LogP contribution >= 0.6 is 0 Å². The van der Waals surface area contributed by atoms with Gasteiger partial charge in [0.25, 0.3) is 0 Å². The normalized spacial score (nSPS) is 17.8. The molecule has 1 aliphatic carbocycles. The van der Waals surface area contributed by atoms with Crippen molar-refractivity contribution < 1.29 is 12.8 Å². The average molecular weight is 299 g/mol. The predicted molar refractivity (Wildman–Crippen MR) is 77.5 cm³/mol. The minimum atomic E-state index is -3.63. The minimum absolute atomic E-state index is 0.0556. The Morgan fingerprint density at radius 2 is 1.85 bits per heavy atom. The second-order valence-corrected chi connectivity index (χ2v) is 7.80. The lowest BCUT2D eigenvalue weighted by Gasteiger charge is -2.31. The maximum absolute atomic E-state index is 13.7. The summed E-state index contributed by atoms with van der Waals surface area (Å²) in [5.74, 6) is -0.250. The van der Waals surface area contributed by atoms with E-state index < -0.39 is 15.8 Å². The van der Waals surface area contributed by atoms with Crippen molar-refractivity contribution in [3.05, 3.63) is 29.6 Å². The third-order valence-corrected chi connectivity index (χ3v) is 6.03. The van der Waals surface area contributed by atoms with Crippen LogP contribution in [0.25, 0.3) is 0 Å². The standard InChI is InChI=1S/C15H22FNO2S/c1-10(2)12(4)17(13-6-7-13)20(18,19)14-8-5-11(3)15(16)9-14/h5,8-10,12-13H,6-7H2,1-4H3. The molecule has 1 aromatic carbocycles. The Morgan fingerprint density at radius 1 is 1.25 bits per heavy atom. The Labute approximate surface area is 120 Å². The van der Waals surface area contributed by atoms with Crippen molar-refractivity contribution in [1.82, 2.24) is 4.31 Å². The molecule has 20 heavy (non-hydrogen) atoms. The van der Waals surface area contributed by atoms with Crippen LogP contribution in [-0.4, -0.2) is 24.8 Å². The number of aryl methyl sites for hydroxylation is 1. The van der Waals surface area contributed by atoms with Crippen molar-refractivity contribution in [2.45, 2.75) is 57.5 Å². The smallest absolute Gasteiger partial charge is 0.207 e. The second-order valence-electron chi connectivity index (χ2n) is 5.96. The summed E-state index contributed by atoms with van der Waals surface area (Å²) < 4.78 is 40.8. The zero-order valence-corrected chi connectivity index (χ0v) is 13.2. The zero-order chi connectivity index (χ0) is 15.1. The molecular formula is C15H22FNO2S. The molecule has 1 aliphatic rings. The molecular weight excluding hydrogens is 277 g/mol. The summed E-state index contributed by atoms with van der Waals surface area (Å²) in [6.07, 6.45) is 1.79. The van der Waals surface area contributed by atoms with Crippen molar-refractivity contribution in [3.8, 4) is 0 Å². The lowest BCUT2D eigenvalue weighted by atomic mass is 10.1. The monoisotopic (exact) mass is 299 g/mol. The third-order valence-electron chi connectivity index (χ3n) is 3.99. The van der Waals surface area contributed by atoms with E-state index in [1.165, 1.54) is 12.1 Å². The van der Waals surface area contributed by atoms with E-state index in [0.717, 1.165) is 18.9 Å². The van der Waals surface area contributed by atoms with Crippen molar-refractivity contribution >= 4 is 10.0 Å². The van der Waals surface area contributed by atoms with Crippen molar-refractivity contribution in [1.29, 1.82) is 0 Å². The van der Waals surface area contributed by atoms with Crippen LogP contribution in [0, 0.1) is 18.7 Å². The number of hydrogen-bond acceptors (Lipinski definition) is 2. The first-order valence-corrected chi connectivity index (χ1v) is 8.49. The fourth-order valence-electron chi connectivity index (χ4n) is 2.23. The summed E-state index contributed by atoms with van der Waals surface area (Å²) in [6.45, 7) is 7.56. The van der Waals surface area contributed by atoms with E-state index in [0.29, 0.717) is 5.56 Å². The molecule has 0 spiro atoms. The van der Waals surface area contributed by atoms with Crippen LogP contribution in [0.4, 0.5) is 4.39 Å². The zero-order valence-electron chi connectivity index (χ0n) is 12.4. The third kappa shape index (κ3) is 2.88. The van der Waals surface area contributed by atoms with Crippen LogP contribution in [0.2, 0.25) is 0 Å². The molecule has 1 unspecified atom stereocenters. The number of nitrogens with zero attached hydrogens (tertiary/aromatic N) is 1. The first kappa shape index (κ1) is 15.4. The topological polar surface area (TPSA) is 37.4 Å². The maximum atomic E-state index is 13.7. The van der Waals surface area contributed by atoms with Crippen molar-refractivity contribution in [2.75, 3.05) is 0 Å². The highest BCUT2D eigenvalue weighted by atomic mass is 32.2. The molecule has 2 rings (SSSR count). The van der Waals surface area contributed by atoms with Crippen LogP contribution in [0.15, 0.2) is 23.1 Å². The Hall–Kier alpha value is -0.940. The van der Waals surface area contributed by atoms with E-state index in [4.69, 9.17) is 0 Å². The van der Waals surface area contributed by atoms with Gasteiger partial charge in [-0.05, 0) is 50.3 Å². The summed E-state index contributed by atoms with van der Waals surface area (Å²) in [6, 6.07) is 4.13. The molecule has 1 saturated carbocycles. The fourth-order valence-corrected chi connectivity index (χ4v) is 4.25. The van der Waals surface area contributed by atoms with Crippen LogP contribution in [-0.2, 0) is 10.0 Å². The van der Waals surface area contributed by atoms with Crippen LogP contribution < -0.4 is 0 Å². The van der Waals surface area contributed by atoms with Gasteiger partial charge in [0, 0.05) is 12.1 Å². The van der Waals surface area contributed by atoms with Gasteiger partial charge in [-0.2, -0.15) is 4.31 Å². The molecule has 1 fully saturated rings. The first-order valence-electron chi connectivity index (χ1n) is 7.05. The van der Waals surface area contributed by atoms with Crippen molar-refractivity contribution in [3.63, 3.8) is 0 Å². The number of sulfonamides is 1. The lowest BCUT2D eigenvalue weighted by molar-refractivity contribution is 0.269. The van der Waals surface area contributed by atoms with Gasteiger partial charge in [-0.3, -0.25) is 0 Å². The molecule has 0 aromatic heterocycles. The highest BCUT2D eigenvalue weighted by Gasteiger charge is 2.41. The van der Waals surface area contributed by atoms with Gasteiger partial charge >= 0.3 is 0 Å². The Kier molecular flexibility index (Phi) is 4.21. The van der Waals surface area contributed by atoms with E-state index >= 15 is 0 Å². The van der Waals surface area contributed by atoms with Gasteiger partial charge in [0.1, 0.15) is 5.82 Å².